The number of rotatable bonds is 7. The predicted molar refractivity (Wildman–Crippen MR) is 126 cm³/mol. The second-order valence-electron chi connectivity index (χ2n) is 8.10. The molecule has 0 radical (unpaired) electrons. The van der Waals surface area contributed by atoms with E-state index in [9.17, 15) is 9.18 Å². The van der Waals surface area contributed by atoms with E-state index in [4.69, 9.17) is 0 Å². The Hall–Kier alpha value is -2.50. The van der Waals surface area contributed by atoms with Gasteiger partial charge in [0, 0.05) is 30.9 Å². The summed E-state index contributed by atoms with van der Waals surface area (Å²) in [5.74, 6) is -0.388. The Labute approximate surface area is 188 Å². The summed E-state index contributed by atoms with van der Waals surface area (Å²) in [6.07, 6.45) is 2.94. The first-order valence-corrected chi connectivity index (χ1v) is 11.9. The molecule has 1 aromatic heterocycles. The number of benzene rings is 2. The van der Waals surface area contributed by atoms with Crippen molar-refractivity contribution in [2.24, 2.45) is 0 Å². The normalized spacial score (nSPS) is 16.2. The van der Waals surface area contributed by atoms with Gasteiger partial charge in [0.25, 0.3) is 0 Å². The molecule has 0 aliphatic carbocycles. The molecule has 0 atom stereocenters. The smallest absolute Gasteiger partial charge is 0.227 e. The van der Waals surface area contributed by atoms with Crippen molar-refractivity contribution < 1.29 is 9.18 Å². The Morgan fingerprint density at radius 3 is 2.39 bits per heavy atom. The molecule has 1 aliphatic heterocycles. The summed E-state index contributed by atoms with van der Waals surface area (Å²) in [6.45, 7) is 4.61. The van der Waals surface area contributed by atoms with E-state index in [1.807, 2.05) is 31.2 Å². The number of para-hydroxylation sites is 1. The van der Waals surface area contributed by atoms with Gasteiger partial charge in [0.2, 0.25) is 5.91 Å². The minimum absolute atomic E-state index is 0.0408. The second kappa shape index (κ2) is 9.75. The summed E-state index contributed by atoms with van der Waals surface area (Å²) in [5, 5.41) is 2.12. The molecule has 0 N–H and O–H groups in total. The molecule has 0 bridgehead atoms. The van der Waals surface area contributed by atoms with Gasteiger partial charge < -0.3 is 4.90 Å². The maximum atomic E-state index is 14.9. The lowest BCUT2D eigenvalue weighted by Gasteiger charge is -2.49. The van der Waals surface area contributed by atoms with Crippen molar-refractivity contribution >= 4 is 22.9 Å². The topological polar surface area (TPSA) is 23.6 Å². The average Bonchev–Trinajstić information content (AvgIpc) is 3.34. The molecular weight excluding hydrogens is 407 g/mol. The zero-order valence-corrected chi connectivity index (χ0v) is 18.8. The van der Waals surface area contributed by atoms with Crippen molar-refractivity contribution in [3.63, 3.8) is 0 Å². The lowest BCUT2D eigenvalue weighted by atomic mass is 9.78. The highest BCUT2D eigenvalue weighted by atomic mass is 32.1. The zero-order chi connectivity index (χ0) is 21.7. The molecule has 4 rings (SSSR count). The Balaban J connectivity index is 1.66. The first-order valence-electron chi connectivity index (χ1n) is 11.0. The Bertz CT molecular complexity index is 982. The van der Waals surface area contributed by atoms with Crippen LogP contribution in [-0.4, -0.2) is 30.4 Å². The SMILES string of the molecule is CCC(=O)N(c1ccccc1F)C1(c2ccccc2)CCN(CCc2cccs2)CC1. The number of anilines is 1. The van der Waals surface area contributed by atoms with E-state index >= 15 is 0 Å². The number of halogens is 1. The van der Waals surface area contributed by atoms with Crippen LogP contribution in [0.4, 0.5) is 10.1 Å². The summed E-state index contributed by atoms with van der Waals surface area (Å²) in [5.41, 5.74) is 0.916. The third kappa shape index (κ3) is 4.58. The minimum Gasteiger partial charge on any atom is -0.303 e. The summed E-state index contributed by atoms with van der Waals surface area (Å²) >= 11 is 1.80. The number of thiophene rings is 1. The maximum absolute atomic E-state index is 14.9. The largest absolute Gasteiger partial charge is 0.303 e. The monoisotopic (exact) mass is 436 g/mol. The van der Waals surface area contributed by atoms with E-state index in [0.717, 1.165) is 44.5 Å². The summed E-state index contributed by atoms with van der Waals surface area (Å²) in [7, 11) is 0. The number of amides is 1. The Morgan fingerprint density at radius 1 is 1.03 bits per heavy atom. The van der Waals surface area contributed by atoms with Crippen LogP contribution in [-0.2, 0) is 16.8 Å². The third-order valence-corrected chi connectivity index (χ3v) is 7.26. The van der Waals surface area contributed by atoms with Crippen molar-refractivity contribution in [1.29, 1.82) is 0 Å². The number of hydrogen-bond acceptors (Lipinski definition) is 3. The van der Waals surface area contributed by atoms with Crippen LogP contribution in [0.15, 0.2) is 72.1 Å². The molecule has 1 saturated heterocycles. The molecule has 1 amide bonds. The number of likely N-dealkylation sites (tertiary alicyclic amines) is 1. The molecule has 2 heterocycles. The van der Waals surface area contributed by atoms with E-state index in [0.29, 0.717) is 12.1 Å². The van der Waals surface area contributed by atoms with Gasteiger partial charge in [-0.05, 0) is 48.4 Å². The van der Waals surface area contributed by atoms with Crippen molar-refractivity contribution in [2.75, 3.05) is 24.5 Å². The molecule has 0 saturated carbocycles. The third-order valence-electron chi connectivity index (χ3n) is 6.32. The minimum atomic E-state index is -0.546. The molecule has 31 heavy (non-hydrogen) atoms. The lowest BCUT2D eigenvalue weighted by molar-refractivity contribution is -0.120. The van der Waals surface area contributed by atoms with Crippen LogP contribution in [0.3, 0.4) is 0 Å². The molecule has 3 aromatic rings. The van der Waals surface area contributed by atoms with Crippen LogP contribution in [0.5, 0.6) is 0 Å². The fraction of sp³-hybridized carbons (Fsp3) is 0.346. The lowest BCUT2D eigenvalue weighted by Crippen LogP contribution is -2.56. The van der Waals surface area contributed by atoms with Crippen molar-refractivity contribution in [3.8, 4) is 0 Å². The van der Waals surface area contributed by atoms with E-state index in [-0.39, 0.29) is 11.7 Å². The summed E-state index contributed by atoms with van der Waals surface area (Å²) in [6, 6.07) is 21.1. The Kier molecular flexibility index (Phi) is 6.83. The molecule has 1 aliphatic rings. The van der Waals surface area contributed by atoms with Crippen LogP contribution >= 0.6 is 11.3 Å². The number of piperidine rings is 1. The van der Waals surface area contributed by atoms with Crippen molar-refractivity contribution in [1.82, 2.24) is 4.90 Å². The van der Waals surface area contributed by atoms with Gasteiger partial charge in [-0.1, -0.05) is 55.5 Å². The fourth-order valence-corrected chi connectivity index (χ4v) is 5.35. The van der Waals surface area contributed by atoms with Gasteiger partial charge in [-0.25, -0.2) is 4.39 Å². The van der Waals surface area contributed by atoms with Gasteiger partial charge in [-0.2, -0.15) is 0 Å². The Morgan fingerprint density at radius 2 is 1.74 bits per heavy atom. The number of nitrogens with zero attached hydrogens (tertiary/aromatic N) is 2. The maximum Gasteiger partial charge on any atom is 0.227 e. The number of carbonyl (C=O) groups is 1. The van der Waals surface area contributed by atoms with Crippen LogP contribution in [0, 0.1) is 5.82 Å². The number of carbonyl (C=O) groups excluding carboxylic acids is 1. The van der Waals surface area contributed by atoms with Crippen LogP contribution in [0.2, 0.25) is 0 Å². The molecule has 162 valence electrons. The highest BCUT2D eigenvalue weighted by Crippen LogP contribution is 2.43. The van der Waals surface area contributed by atoms with Gasteiger partial charge in [0.15, 0.2) is 0 Å². The summed E-state index contributed by atoms with van der Waals surface area (Å²) in [4.78, 5) is 18.9. The summed E-state index contributed by atoms with van der Waals surface area (Å²) < 4.78 is 14.9. The van der Waals surface area contributed by atoms with E-state index in [2.05, 4.69) is 34.5 Å². The van der Waals surface area contributed by atoms with E-state index in [1.54, 1.807) is 28.4 Å². The first-order chi connectivity index (χ1) is 15.1. The first kappa shape index (κ1) is 21.7. The molecule has 1 fully saturated rings. The van der Waals surface area contributed by atoms with Gasteiger partial charge in [-0.3, -0.25) is 9.69 Å². The second-order valence-corrected chi connectivity index (χ2v) is 9.13. The standard InChI is InChI=1S/C26H29FN2OS/c1-2-25(30)29(24-13-7-6-12-23(24)27)26(21-9-4-3-5-10-21)15-18-28(19-16-26)17-14-22-11-8-20-31-22/h3-13,20H,2,14-19H2,1H3. The molecule has 0 spiro atoms. The molecular formula is C26H29FN2OS. The van der Waals surface area contributed by atoms with Gasteiger partial charge in [0.1, 0.15) is 5.82 Å². The van der Waals surface area contributed by atoms with Crippen molar-refractivity contribution in [3.05, 3.63) is 88.4 Å². The molecule has 5 heteroatoms. The highest BCUT2D eigenvalue weighted by Gasteiger charge is 2.44. The fourth-order valence-electron chi connectivity index (χ4n) is 4.65. The zero-order valence-electron chi connectivity index (χ0n) is 18.0. The van der Waals surface area contributed by atoms with Crippen molar-refractivity contribution in [2.45, 2.75) is 38.1 Å². The predicted octanol–water partition coefficient (Wildman–Crippen LogP) is 5.86. The van der Waals surface area contributed by atoms with Crippen LogP contribution in [0.25, 0.3) is 0 Å². The van der Waals surface area contributed by atoms with Crippen LogP contribution in [0.1, 0.15) is 36.6 Å². The van der Waals surface area contributed by atoms with Gasteiger partial charge in [-0.15, -0.1) is 11.3 Å². The number of hydrogen-bond donors (Lipinski definition) is 0. The van der Waals surface area contributed by atoms with Crippen LogP contribution < -0.4 is 4.90 Å². The van der Waals surface area contributed by atoms with Gasteiger partial charge in [0.05, 0.1) is 11.2 Å². The average molecular weight is 437 g/mol. The highest BCUT2D eigenvalue weighted by molar-refractivity contribution is 7.09. The van der Waals surface area contributed by atoms with Gasteiger partial charge >= 0.3 is 0 Å². The molecule has 0 unspecified atom stereocenters. The van der Waals surface area contributed by atoms with E-state index < -0.39 is 5.54 Å². The molecule has 2 aromatic carbocycles. The molecule has 3 nitrogen and oxygen atoms in total. The quantitative estimate of drug-likeness (QED) is 0.463. The van der Waals surface area contributed by atoms with E-state index in [1.165, 1.54) is 10.9 Å².